The number of carbonyl (C=O) groups is 1. The van der Waals surface area contributed by atoms with Crippen LogP contribution in [0.2, 0.25) is 0 Å². The van der Waals surface area contributed by atoms with Gasteiger partial charge in [0.1, 0.15) is 5.71 Å². The lowest BCUT2D eigenvalue weighted by Gasteiger charge is -2.29. The zero-order valence-electron chi connectivity index (χ0n) is 11.4. The van der Waals surface area contributed by atoms with Gasteiger partial charge in [-0.15, -0.1) is 0 Å². The fourth-order valence-corrected chi connectivity index (χ4v) is 2.43. The van der Waals surface area contributed by atoms with E-state index in [1.165, 1.54) is 11.7 Å². The molecule has 0 saturated carbocycles. The molecular formula is C11H11BrF4N4O2. The van der Waals surface area contributed by atoms with Crippen molar-refractivity contribution in [2.75, 3.05) is 0 Å². The third-order valence-electron chi connectivity index (χ3n) is 3.29. The number of aryl methyl sites for hydroxylation is 1. The fraction of sp³-hybridized carbons (Fsp3) is 0.545. The van der Waals surface area contributed by atoms with E-state index in [0.717, 1.165) is 0 Å². The van der Waals surface area contributed by atoms with Crippen molar-refractivity contribution < 1.29 is 27.5 Å². The van der Waals surface area contributed by atoms with E-state index in [-0.39, 0.29) is 15.2 Å². The zero-order valence-corrected chi connectivity index (χ0v) is 13.0. The molecule has 1 aliphatic rings. The number of carbonyl (C=O) groups excluding carboxylic acids is 1. The molecule has 2 heterocycles. The molecule has 122 valence electrons. The number of amides is 1. The van der Waals surface area contributed by atoms with Crippen LogP contribution in [-0.2, 0) is 7.05 Å². The van der Waals surface area contributed by atoms with E-state index >= 15 is 0 Å². The van der Waals surface area contributed by atoms with Gasteiger partial charge in [0.05, 0.1) is 10.2 Å². The summed E-state index contributed by atoms with van der Waals surface area (Å²) in [6.07, 6.45) is -7.76. The first kappa shape index (κ1) is 16.9. The molecular weight excluding hydrogens is 376 g/mol. The Balaban J connectivity index is 2.47. The highest BCUT2D eigenvalue weighted by Gasteiger charge is 2.54. The van der Waals surface area contributed by atoms with Crippen LogP contribution in [0.25, 0.3) is 0 Å². The van der Waals surface area contributed by atoms with Crippen LogP contribution in [-0.4, -0.2) is 50.1 Å². The van der Waals surface area contributed by atoms with Crippen molar-refractivity contribution in [2.45, 2.75) is 31.9 Å². The molecule has 1 aromatic rings. The first-order valence-corrected chi connectivity index (χ1v) is 6.78. The van der Waals surface area contributed by atoms with Gasteiger partial charge in [-0.3, -0.25) is 9.48 Å². The molecule has 1 aromatic heterocycles. The largest absolute Gasteiger partial charge is 0.364 e. The van der Waals surface area contributed by atoms with Gasteiger partial charge < -0.3 is 5.11 Å². The summed E-state index contributed by atoms with van der Waals surface area (Å²) in [7, 11) is 1.51. The number of halogens is 5. The van der Waals surface area contributed by atoms with Crippen LogP contribution in [0.15, 0.2) is 9.57 Å². The minimum atomic E-state index is -3.47. The molecule has 0 fully saturated rings. The standard InChI is InChI=1S/C11H11BrF4N4O2/c1-4-6(12)7(18-19(4)2)9(21)20-11(22,10(15)16)3-5(17-20)8(13)14/h8,10,22H,3H2,1-2H3/t11-/m1/s1. The maximum absolute atomic E-state index is 13.1. The fourth-order valence-electron chi connectivity index (χ4n) is 1.92. The minimum Gasteiger partial charge on any atom is -0.364 e. The van der Waals surface area contributed by atoms with Crippen molar-refractivity contribution in [3.8, 4) is 0 Å². The van der Waals surface area contributed by atoms with Gasteiger partial charge in [-0.25, -0.2) is 17.6 Å². The van der Waals surface area contributed by atoms with Crippen molar-refractivity contribution in [1.82, 2.24) is 14.8 Å². The number of hydrazone groups is 1. The topological polar surface area (TPSA) is 70.7 Å². The monoisotopic (exact) mass is 386 g/mol. The van der Waals surface area contributed by atoms with E-state index in [1.807, 2.05) is 0 Å². The van der Waals surface area contributed by atoms with Crippen molar-refractivity contribution in [1.29, 1.82) is 0 Å². The smallest absolute Gasteiger partial charge is 0.298 e. The average molecular weight is 387 g/mol. The number of alkyl halides is 4. The Morgan fingerprint density at radius 2 is 2.00 bits per heavy atom. The Bertz CT molecular complexity index is 648. The Hall–Kier alpha value is -1.49. The van der Waals surface area contributed by atoms with Gasteiger partial charge in [-0.05, 0) is 22.9 Å². The predicted molar refractivity (Wildman–Crippen MR) is 70.8 cm³/mol. The summed E-state index contributed by atoms with van der Waals surface area (Å²) >= 11 is 3.07. The van der Waals surface area contributed by atoms with Crippen molar-refractivity contribution in [3.63, 3.8) is 0 Å². The number of aromatic nitrogens is 2. The molecule has 0 saturated heterocycles. The van der Waals surface area contributed by atoms with Crippen LogP contribution in [0.3, 0.4) is 0 Å². The SMILES string of the molecule is Cc1c(Br)c(C(=O)N2N=C(C(F)F)C[C@@]2(O)C(F)F)nn1C. The van der Waals surface area contributed by atoms with Crippen molar-refractivity contribution in [3.05, 3.63) is 15.9 Å². The summed E-state index contributed by atoms with van der Waals surface area (Å²) < 4.78 is 53.0. The number of nitrogens with zero attached hydrogens (tertiary/aromatic N) is 4. The highest BCUT2D eigenvalue weighted by atomic mass is 79.9. The first-order chi connectivity index (χ1) is 10.1. The molecule has 1 amide bonds. The lowest BCUT2D eigenvalue weighted by molar-refractivity contribution is -0.164. The number of hydrogen-bond acceptors (Lipinski definition) is 4. The van der Waals surface area contributed by atoms with Crippen molar-refractivity contribution >= 4 is 27.5 Å². The molecule has 0 spiro atoms. The average Bonchev–Trinajstić information content (AvgIpc) is 2.92. The normalized spacial score (nSPS) is 21.9. The lowest BCUT2D eigenvalue weighted by atomic mass is 10.1. The Morgan fingerprint density at radius 1 is 1.41 bits per heavy atom. The second-order valence-electron chi connectivity index (χ2n) is 4.74. The Labute approximate surface area is 130 Å². The number of hydrogen-bond donors (Lipinski definition) is 1. The van der Waals surface area contributed by atoms with Gasteiger partial charge in [0.2, 0.25) is 5.72 Å². The van der Waals surface area contributed by atoms with E-state index in [2.05, 4.69) is 26.1 Å². The predicted octanol–water partition coefficient (Wildman–Crippen LogP) is 1.91. The molecule has 0 bridgehead atoms. The van der Waals surface area contributed by atoms with Gasteiger partial charge >= 0.3 is 0 Å². The van der Waals surface area contributed by atoms with Gasteiger partial charge in [0.15, 0.2) is 5.69 Å². The summed E-state index contributed by atoms with van der Waals surface area (Å²) in [6.45, 7) is 1.60. The van der Waals surface area contributed by atoms with Crippen LogP contribution in [0.5, 0.6) is 0 Å². The zero-order chi connectivity index (χ0) is 16.8. The molecule has 22 heavy (non-hydrogen) atoms. The summed E-state index contributed by atoms with van der Waals surface area (Å²) in [6, 6.07) is 0. The van der Waals surface area contributed by atoms with E-state index in [1.54, 1.807) is 6.92 Å². The molecule has 2 rings (SSSR count). The Morgan fingerprint density at radius 3 is 2.41 bits per heavy atom. The summed E-state index contributed by atoms with van der Waals surface area (Å²) in [5.74, 6) is -1.20. The number of rotatable bonds is 3. The molecule has 1 aliphatic heterocycles. The van der Waals surface area contributed by atoms with Crippen LogP contribution in [0, 0.1) is 6.92 Å². The highest BCUT2D eigenvalue weighted by Crippen LogP contribution is 2.35. The maximum atomic E-state index is 13.1. The van der Waals surface area contributed by atoms with E-state index in [4.69, 9.17) is 0 Å². The molecule has 1 atom stereocenters. The number of aliphatic hydroxyl groups is 1. The third-order valence-corrected chi connectivity index (χ3v) is 4.24. The van der Waals surface area contributed by atoms with E-state index < -0.39 is 36.6 Å². The molecule has 1 N–H and O–H groups in total. The maximum Gasteiger partial charge on any atom is 0.298 e. The first-order valence-electron chi connectivity index (χ1n) is 5.99. The van der Waals surface area contributed by atoms with Gasteiger partial charge in [-0.2, -0.15) is 15.2 Å². The second kappa shape index (κ2) is 5.61. The Kier molecular flexibility index (Phi) is 4.30. The highest BCUT2D eigenvalue weighted by molar-refractivity contribution is 9.10. The van der Waals surface area contributed by atoms with Crippen LogP contribution in [0.4, 0.5) is 17.6 Å². The summed E-state index contributed by atoms with van der Waals surface area (Å²) in [5, 5.41) is 16.9. The molecule has 0 aromatic carbocycles. The molecule has 0 unspecified atom stereocenters. The van der Waals surface area contributed by atoms with Gasteiger partial charge in [-0.1, -0.05) is 0 Å². The van der Waals surface area contributed by atoms with Crippen LogP contribution < -0.4 is 0 Å². The molecule has 6 nitrogen and oxygen atoms in total. The lowest BCUT2D eigenvalue weighted by Crippen LogP contribution is -2.51. The summed E-state index contributed by atoms with van der Waals surface area (Å²) in [4.78, 5) is 12.3. The molecule has 0 aliphatic carbocycles. The molecule has 11 heteroatoms. The van der Waals surface area contributed by atoms with E-state index in [9.17, 15) is 27.5 Å². The third kappa shape index (κ3) is 2.51. The van der Waals surface area contributed by atoms with E-state index in [0.29, 0.717) is 5.69 Å². The molecule has 0 radical (unpaired) electrons. The van der Waals surface area contributed by atoms with Crippen LogP contribution in [0.1, 0.15) is 22.6 Å². The van der Waals surface area contributed by atoms with Crippen LogP contribution >= 0.6 is 15.9 Å². The van der Waals surface area contributed by atoms with Gasteiger partial charge in [0, 0.05) is 13.5 Å². The summed E-state index contributed by atoms with van der Waals surface area (Å²) in [5.41, 5.74) is -3.90. The quantitative estimate of drug-likeness (QED) is 0.806. The minimum absolute atomic E-state index is 0.0221. The second-order valence-corrected chi connectivity index (χ2v) is 5.53. The van der Waals surface area contributed by atoms with Gasteiger partial charge in [0.25, 0.3) is 18.8 Å². The van der Waals surface area contributed by atoms with Crippen molar-refractivity contribution in [2.24, 2.45) is 12.1 Å².